The molecular weight excluding hydrogens is 234 g/mol. The molecule has 0 spiro atoms. The van der Waals surface area contributed by atoms with Gasteiger partial charge < -0.3 is 15.3 Å². The van der Waals surface area contributed by atoms with E-state index in [0.717, 1.165) is 24.9 Å². The van der Waals surface area contributed by atoms with Crippen molar-refractivity contribution in [3.05, 3.63) is 23.9 Å². The van der Waals surface area contributed by atoms with E-state index in [9.17, 15) is 9.59 Å². The number of piperidine rings is 1. The summed E-state index contributed by atoms with van der Waals surface area (Å²) < 4.78 is 0. The fraction of sp³-hybridized carbons (Fsp3) is 0.417. The summed E-state index contributed by atoms with van der Waals surface area (Å²) in [7, 11) is 0. The number of carbonyl (C=O) groups is 2. The van der Waals surface area contributed by atoms with Gasteiger partial charge in [-0.15, -0.1) is 0 Å². The molecule has 2 rings (SSSR count). The number of carboxylic acid groups (broad SMARTS) is 1. The van der Waals surface area contributed by atoms with Crippen molar-refractivity contribution in [2.24, 2.45) is 0 Å². The van der Waals surface area contributed by atoms with Gasteiger partial charge in [-0.2, -0.15) is 0 Å². The van der Waals surface area contributed by atoms with E-state index in [1.807, 2.05) is 0 Å². The molecule has 18 heavy (non-hydrogen) atoms. The van der Waals surface area contributed by atoms with Crippen LogP contribution in [0.1, 0.15) is 23.2 Å². The molecule has 0 atom stereocenters. The summed E-state index contributed by atoms with van der Waals surface area (Å²) in [5.74, 6) is 0.717. The molecule has 0 radical (unpaired) electrons. The van der Waals surface area contributed by atoms with E-state index in [1.165, 1.54) is 11.1 Å². The molecule has 0 saturated carbocycles. The van der Waals surface area contributed by atoms with Crippen molar-refractivity contribution in [2.45, 2.75) is 18.9 Å². The zero-order chi connectivity index (χ0) is 13.0. The van der Waals surface area contributed by atoms with Crippen molar-refractivity contribution in [3.8, 4) is 0 Å². The monoisotopic (exact) mass is 249 g/mol. The second-order valence-corrected chi connectivity index (χ2v) is 4.28. The lowest BCUT2D eigenvalue weighted by molar-refractivity contribution is 0.112. The molecule has 0 unspecified atom stereocenters. The Morgan fingerprint density at radius 3 is 2.67 bits per heavy atom. The second kappa shape index (κ2) is 5.48. The molecule has 6 nitrogen and oxygen atoms in total. The Bertz CT molecular complexity index is 425. The van der Waals surface area contributed by atoms with Gasteiger partial charge >= 0.3 is 6.09 Å². The summed E-state index contributed by atoms with van der Waals surface area (Å²) in [5.41, 5.74) is 0.543. The van der Waals surface area contributed by atoms with Crippen molar-refractivity contribution >= 4 is 18.2 Å². The van der Waals surface area contributed by atoms with Gasteiger partial charge in [0.25, 0.3) is 0 Å². The molecule has 1 aliphatic heterocycles. The maximum atomic E-state index is 10.7. The molecule has 2 N–H and O–H groups in total. The molecule has 6 heteroatoms. The zero-order valence-corrected chi connectivity index (χ0v) is 9.87. The Balaban J connectivity index is 1.87. The van der Waals surface area contributed by atoms with Gasteiger partial charge in [0.1, 0.15) is 5.82 Å². The number of anilines is 1. The molecule has 1 aromatic rings. The lowest BCUT2D eigenvalue weighted by Gasteiger charge is -2.30. The summed E-state index contributed by atoms with van der Waals surface area (Å²) in [6.45, 7) is 1.08. The van der Waals surface area contributed by atoms with E-state index in [-0.39, 0.29) is 6.04 Å². The standard InChI is InChI=1S/C12H15N3O3/c16-8-9-1-2-11(13-7-9)14-10-3-5-15(6-4-10)12(17)18/h1-2,7-8,10H,3-6H2,(H,13,14)(H,17,18). The van der Waals surface area contributed by atoms with E-state index in [0.29, 0.717) is 18.7 Å². The van der Waals surface area contributed by atoms with Crippen LogP contribution in [0.3, 0.4) is 0 Å². The number of aldehydes is 1. The molecule has 2 heterocycles. The van der Waals surface area contributed by atoms with Crippen LogP contribution in [-0.2, 0) is 0 Å². The number of hydrogen-bond acceptors (Lipinski definition) is 4. The van der Waals surface area contributed by atoms with Crippen molar-refractivity contribution < 1.29 is 14.7 Å². The van der Waals surface area contributed by atoms with Crippen LogP contribution in [0.25, 0.3) is 0 Å². The van der Waals surface area contributed by atoms with E-state index >= 15 is 0 Å². The van der Waals surface area contributed by atoms with Crippen LogP contribution in [0.15, 0.2) is 18.3 Å². The van der Waals surface area contributed by atoms with E-state index in [4.69, 9.17) is 5.11 Å². The molecule has 0 bridgehead atoms. The summed E-state index contributed by atoms with van der Waals surface area (Å²) >= 11 is 0. The summed E-state index contributed by atoms with van der Waals surface area (Å²) in [5, 5.41) is 12.1. The number of carbonyl (C=O) groups excluding carboxylic acids is 1. The van der Waals surface area contributed by atoms with Crippen LogP contribution in [0.4, 0.5) is 10.6 Å². The van der Waals surface area contributed by atoms with Crippen LogP contribution in [-0.4, -0.2) is 46.5 Å². The molecule has 0 aromatic carbocycles. The van der Waals surface area contributed by atoms with Gasteiger partial charge in [-0.05, 0) is 25.0 Å². The van der Waals surface area contributed by atoms with Crippen LogP contribution >= 0.6 is 0 Å². The van der Waals surface area contributed by atoms with Crippen LogP contribution in [0, 0.1) is 0 Å². The first-order valence-corrected chi connectivity index (χ1v) is 5.84. The van der Waals surface area contributed by atoms with Gasteiger partial charge in [-0.25, -0.2) is 9.78 Å². The van der Waals surface area contributed by atoms with E-state index in [1.54, 1.807) is 12.1 Å². The molecule has 1 fully saturated rings. The lowest BCUT2D eigenvalue weighted by Crippen LogP contribution is -2.41. The number of hydrogen-bond donors (Lipinski definition) is 2. The van der Waals surface area contributed by atoms with Gasteiger partial charge in [0.05, 0.1) is 0 Å². The highest BCUT2D eigenvalue weighted by molar-refractivity contribution is 5.74. The SMILES string of the molecule is O=Cc1ccc(NC2CCN(C(=O)O)CC2)nc1. The first-order valence-electron chi connectivity index (χ1n) is 5.84. The van der Waals surface area contributed by atoms with Crippen LogP contribution < -0.4 is 5.32 Å². The van der Waals surface area contributed by atoms with Gasteiger partial charge in [-0.3, -0.25) is 4.79 Å². The Morgan fingerprint density at radius 2 is 2.17 bits per heavy atom. The van der Waals surface area contributed by atoms with E-state index < -0.39 is 6.09 Å². The van der Waals surface area contributed by atoms with Crippen LogP contribution in [0.2, 0.25) is 0 Å². The molecule has 0 aliphatic carbocycles. The van der Waals surface area contributed by atoms with Gasteiger partial charge in [0.2, 0.25) is 0 Å². The predicted octanol–water partition coefficient (Wildman–Crippen LogP) is 1.45. The molecule has 1 aromatic heterocycles. The number of likely N-dealkylation sites (tertiary alicyclic amines) is 1. The Hall–Kier alpha value is -2.11. The van der Waals surface area contributed by atoms with Crippen LogP contribution in [0.5, 0.6) is 0 Å². The number of pyridine rings is 1. The maximum Gasteiger partial charge on any atom is 0.407 e. The number of nitrogens with zero attached hydrogens (tertiary/aromatic N) is 2. The maximum absolute atomic E-state index is 10.7. The minimum Gasteiger partial charge on any atom is -0.465 e. The average Bonchev–Trinajstić information content (AvgIpc) is 2.40. The van der Waals surface area contributed by atoms with Crippen molar-refractivity contribution in [3.63, 3.8) is 0 Å². The third-order valence-electron chi connectivity index (χ3n) is 3.04. The smallest absolute Gasteiger partial charge is 0.407 e. The first-order chi connectivity index (χ1) is 8.69. The molecule has 1 saturated heterocycles. The predicted molar refractivity (Wildman–Crippen MR) is 65.9 cm³/mol. The largest absolute Gasteiger partial charge is 0.465 e. The van der Waals surface area contributed by atoms with Crippen molar-refractivity contribution in [2.75, 3.05) is 18.4 Å². The Kier molecular flexibility index (Phi) is 3.76. The highest BCUT2D eigenvalue weighted by Gasteiger charge is 2.22. The highest BCUT2D eigenvalue weighted by Crippen LogP contribution is 2.15. The van der Waals surface area contributed by atoms with Crippen molar-refractivity contribution in [1.82, 2.24) is 9.88 Å². The highest BCUT2D eigenvalue weighted by atomic mass is 16.4. The zero-order valence-electron chi connectivity index (χ0n) is 9.87. The molecule has 96 valence electrons. The van der Waals surface area contributed by atoms with E-state index in [2.05, 4.69) is 10.3 Å². The topological polar surface area (TPSA) is 82.5 Å². The summed E-state index contributed by atoms with van der Waals surface area (Å²) in [6.07, 6.45) is 2.94. The lowest BCUT2D eigenvalue weighted by atomic mass is 10.1. The third-order valence-corrected chi connectivity index (χ3v) is 3.04. The fourth-order valence-electron chi connectivity index (χ4n) is 1.98. The second-order valence-electron chi connectivity index (χ2n) is 4.28. The Labute approximate surface area is 105 Å². The normalized spacial score (nSPS) is 16.3. The number of aromatic nitrogens is 1. The number of amides is 1. The van der Waals surface area contributed by atoms with Gasteiger partial charge in [0, 0.05) is 30.9 Å². The minimum atomic E-state index is -0.859. The number of rotatable bonds is 3. The van der Waals surface area contributed by atoms with Gasteiger partial charge in [-0.1, -0.05) is 0 Å². The first kappa shape index (κ1) is 12.3. The molecule has 1 amide bonds. The van der Waals surface area contributed by atoms with Crippen molar-refractivity contribution in [1.29, 1.82) is 0 Å². The molecule has 1 aliphatic rings. The quantitative estimate of drug-likeness (QED) is 0.792. The third kappa shape index (κ3) is 2.97. The van der Waals surface area contributed by atoms with Gasteiger partial charge in [0.15, 0.2) is 6.29 Å². The minimum absolute atomic E-state index is 0.232. The number of nitrogens with one attached hydrogen (secondary N) is 1. The average molecular weight is 249 g/mol. The fourth-order valence-corrected chi connectivity index (χ4v) is 1.98. The summed E-state index contributed by atoms with van der Waals surface area (Å²) in [4.78, 5) is 26.8. The summed E-state index contributed by atoms with van der Waals surface area (Å²) in [6, 6.07) is 3.69. The Morgan fingerprint density at radius 1 is 1.44 bits per heavy atom. The molecular formula is C12H15N3O3.